The molecule has 0 aromatic carbocycles. The summed E-state index contributed by atoms with van der Waals surface area (Å²) in [5.74, 6) is -2.02. The fraction of sp³-hybridized carbons (Fsp3) is 0.800. The second-order valence-electron chi connectivity index (χ2n) is 3.88. The molecule has 5 atom stereocenters. The van der Waals surface area contributed by atoms with E-state index in [0.717, 1.165) is 0 Å². The van der Waals surface area contributed by atoms with Gasteiger partial charge in [-0.2, -0.15) is 0 Å². The van der Waals surface area contributed by atoms with Gasteiger partial charge >= 0.3 is 5.97 Å². The van der Waals surface area contributed by atoms with Crippen LogP contribution in [0.3, 0.4) is 0 Å². The van der Waals surface area contributed by atoms with E-state index < -0.39 is 49.1 Å². The highest BCUT2D eigenvalue weighted by Gasteiger charge is 2.45. The van der Waals surface area contributed by atoms with Crippen molar-refractivity contribution < 1.29 is 39.5 Å². The molecule has 1 saturated heterocycles. The lowest BCUT2D eigenvalue weighted by molar-refractivity contribution is -0.291. The molecule has 1 unspecified atom stereocenters. The van der Waals surface area contributed by atoms with Crippen molar-refractivity contribution in [3.05, 3.63) is 0 Å². The van der Waals surface area contributed by atoms with E-state index in [2.05, 4.69) is 4.74 Å². The Balaban J connectivity index is 2.70. The van der Waals surface area contributed by atoms with Crippen molar-refractivity contribution in [1.82, 2.24) is 0 Å². The number of carbonyl (C=O) groups is 2. The summed E-state index contributed by atoms with van der Waals surface area (Å²) in [5, 5.41) is 37.3. The molecule has 8 heteroatoms. The highest BCUT2D eigenvalue weighted by Crippen LogP contribution is 2.22. The first kappa shape index (κ1) is 15.0. The number of esters is 1. The first-order valence-corrected chi connectivity index (χ1v) is 5.46. The molecule has 0 saturated carbocycles. The van der Waals surface area contributed by atoms with Crippen molar-refractivity contribution in [3.8, 4) is 0 Å². The van der Waals surface area contributed by atoms with Crippen molar-refractivity contribution in [1.29, 1.82) is 0 Å². The lowest BCUT2D eigenvalue weighted by atomic mass is 9.99. The van der Waals surface area contributed by atoms with Gasteiger partial charge < -0.3 is 29.9 Å². The molecule has 0 aliphatic carbocycles. The van der Waals surface area contributed by atoms with Crippen LogP contribution in [-0.4, -0.2) is 69.5 Å². The van der Waals surface area contributed by atoms with Crippen molar-refractivity contribution in [2.45, 2.75) is 44.1 Å². The highest BCUT2D eigenvalue weighted by molar-refractivity contribution is 6.33. The number of aliphatic hydroxyl groups excluding tert-OH is 4. The molecule has 1 rings (SSSR count). The average molecular weight is 264 g/mol. The van der Waals surface area contributed by atoms with Gasteiger partial charge in [-0.15, -0.1) is 0 Å². The fourth-order valence-electron chi connectivity index (χ4n) is 1.48. The quantitative estimate of drug-likeness (QED) is 0.318. The average Bonchev–Trinajstić information content (AvgIpc) is 2.38. The minimum absolute atomic E-state index is 0.0732. The van der Waals surface area contributed by atoms with Gasteiger partial charge in [0.15, 0.2) is 0 Å². The number of rotatable bonds is 4. The maximum absolute atomic E-state index is 11.2. The third-order valence-corrected chi connectivity index (χ3v) is 2.62. The predicted molar refractivity (Wildman–Crippen MR) is 55.2 cm³/mol. The van der Waals surface area contributed by atoms with Gasteiger partial charge in [0.1, 0.15) is 24.4 Å². The van der Waals surface area contributed by atoms with Crippen LogP contribution in [0.2, 0.25) is 0 Å². The minimum Gasteiger partial charge on any atom is -0.427 e. The zero-order valence-electron chi connectivity index (χ0n) is 9.72. The van der Waals surface area contributed by atoms with E-state index in [-0.39, 0.29) is 6.42 Å². The molecule has 0 spiro atoms. The molecule has 0 aromatic rings. The summed E-state index contributed by atoms with van der Waals surface area (Å²) in [6.45, 7) is 0.817. The van der Waals surface area contributed by atoms with E-state index in [4.69, 9.17) is 9.84 Å². The predicted octanol–water partition coefficient (Wildman–Crippen LogP) is -2.69. The molecule has 104 valence electrons. The largest absolute Gasteiger partial charge is 0.427 e. The van der Waals surface area contributed by atoms with E-state index in [9.17, 15) is 24.9 Å². The molecule has 0 bridgehead atoms. The van der Waals surface area contributed by atoms with Gasteiger partial charge in [-0.25, -0.2) is 4.79 Å². The van der Waals surface area contributed by atoms with Gasteiger partial charge in [0, 0.05) is 6.42 Å². The van der Waals surface area contributed by atoms with E-state index in [0.29, 0.717) is 0 Å². The summed E-state index contributed by atoms with van der Waals surface area (Å²) in [6.07, 6.45) is -7.75. The van der Waals surface area contributed by atoms with Crippen molar-refractivity contribution >= 4 is 11.8 Å². The second kappa shape index (κ2) is 6.21. The van der Waals surface area contributed by atoms with Crippen LogP contribution in [0, 0.1) is 0 Å². The molecule has 4 N–H and O–H groups in total. The summed E-state index contributed by atoms with van der Waals surface area (Å²) >= 11 is 0. The van der Waals surface area contributed by atoms with Crippen LogP contribution in [-0.2, 0) is 19.1 Å². The standard InChI is InChI=1S/C10H16O8/c1-2-4(12)9(16)18-10-8(15)7(14)6(13)5(3-11)17-10/h5-8,10-11,13-15H,2-3H2,1H3/t5-,6-,7+,8-,10?/m1/s1. The van der Waals surface area contributed by atoms with E-state index in [1.807, 2.05) is 0 Å². The van der Waals surface area contributed by atoms with Crippen molar-refractivity contribution in [2.24, 2.45) is 0 Å². The van der Waals surface area contributed by atoms with Crippen LogP contribution in [0.5, 0.6) is 0 Å². The first-order chi connectivity index (χ1) is 8.42. The second-order valence-corrected chi connectivity index (χ2v) is 3.88. The zero-order valence-corrected chi connectivity index (χ0v) is 9.72. The van der Waals surface area contributed by atoms with Crippen LogP contribution < -0.4 is 0 Å². The Hall–Kier alpha value is -1.06. The highest BCUT2D eigenvalue weighted by atomic mass is 16.7. The Kier molecular flexibility index (Phi) is 5.17. The summed E-state index contributed by atoms with van der Waals surface area (Å²) < 4.78 is 9.45. The first-order valence-electron chi connectivity index (χ1n) is 5.46. The number of ether oxygens (including phenoxy) is 2. The molecule has 0 radical (unpaired) electrons. The fourth-order valence-corrected chi connectivity index (χ4v) is 1.48. The molecule has 1 aliphatic rings. The topological polar surface area (TPSA) is 134 Å². The lowest BCUT2D eigenvalue weighted by Crippen LogP contribution is -2.59. The Morgan fingerprint density at radius 1 is 1.17 bits per heavy atom. The molecule has 1 heterocycles. The third-order valence-electron chi connectivity index (χ3n) is 2.62. The van der Waals surface area contributed by atoms with Gasteiger partial charge in [0.25, 0.3) is 0 Å². The zero-order chi connectivity index (χ0) is 13.9. The number of aliphatic hydroxyl groups is 4. The monoisotopic (exact) mass is 264 g/mol. The maximum atomic E-state index is 11.2. The Labute approximate surface area is 103 Å². The molecule has 1 fully saturated rings. The van der Waals surface area contributed by atoms with Crippen molar-refractivity contribution in [2.75, 3.05) is 6.61 Å². The molecule has 8 nitrogen and oxygen atoms in total. The van der Waals surface area contributed by atoms with E-state index in [1.165, 1.54) is 6.92 Å². The maximum Gasteiger partial charge on any atom is 0.376 e. The van der Waals surface area contributed by atoms with Gasteiger partial charge in [0.2, 0.25) is 12.1 Å². The Bertz CT molecular complexity index is 315. The van der Waals surface area contributed by atoms with Crippen LogP contribution in [0.4, 0.5) is 0 Å². The third kappa shape index (κ3) is 3.03. The van der Waals surface area contributed by atoms with E-state index in [1.54, 1.807) is 0 Å². The molecule has 0 aromatic heterocycles. The van der Waals surface area contributed by atoms with Crippen molar-refractivity contribution in [3.63, 3.8) is 0 Å². The SMILES string of the molecule is CCC(=O)C(=O)OC1O[C@H](CO)[C@@H](O)[C@H](O)[C@H]1O. The van der Waals surface area contributed by atoms with Crippen LogP contribution >= 0.6 is 0 Å². The smallest absolute Gasteiger partial charge is 0.376 e. The summed E-state index contributed by atoms with van der Waals surface area (Å²) in [5.41, 5.74) is 0. The molecule has 0 amide bonds. The summed E-state index contributed by atoms with van der Waals surface area (Å²) in [7, 11) is 0. The molecule has 18 heavy (non-hydrogen) atoms. The Morgan fingerprint density at radius 2 is 1.78 bits per heavy atom. The van der Waals surface area contributed by atoms with Gasteiger partial charge in [-0.1, -0.05) is 6.92 Å². The Morgan fingerprint density at radius 3 is 2.28 bits per heavy atom. The lowest BCUT2D eigenvalue weighted by Gasteiger charge is -2.38. The molecular formula is C10H16O8. The number of Topliss-reactive ketones (excluding diaryl/α,β-unsaturated/α-hetero) is 1. The van der Waals surface area contributed by atoms with E-state index >= 15 is 0 Å². The minimum atomic E-state index is -1.70. The van der Waals surface area contributed by atoms with Crippen LogP contribution in [0.25, 0.3) is 0 Å². The van der Waals surface area contributed by atoms with Crippen LogP contribution in [0.1, 0.15) is 13.3 Å². The number of hydrogen-bond acceptors (Lipinski definition) is 8. The van der Waals surface area contributed by atoms with Gasteiger partial charge in [0.05, 0.1) is 6.61 Å². The molecule has 1 aliphatic heterocycles. The summed E-state index contributed by atoms with van der Waals surface area (Å²) in [6, 6.07) is 0. The molecular weight excluding hydrogens is 248 g/mol. The van der Waals surface area contributed by atoms with Crippen LogP contribution in [0.15, 0.2) is 0 Å². The number of ketones is 1. The van der Waals surface area contributed by atoms with Gasteiger partial charge in [-0.05, 0) is 0 Å². The summed E-state index contributed by atoms with van der Waals surface area (Å²) in [4.78, 5) is 22.2. The van der Waals surface area contributed by atoms with Gasteiger partial charge in [-0.3, -0.25) is 4.79 Å². The number of carbonyl (C=O) groups excluding carboxylic acids is 2. The normalized spacial score (nSPS) is 36.2. The number of hydrogen-bond donors (Lipinski definition) is 4.